The summed E-state index contributed by atoms with van der Waals surface area (Å²) in [5.41, 5.74) is 0.900. The maximum Gasteiger partial charge on any atom is 0.308 e. The van der Waals surface area contributed by atoms with Gasteiger partial charge in [0.15, 0.2) is 0 Å². The molecule has 0 unspecified atom stereocenters. The molecule has 2 aromatic rings. The van der Waals surface area contributed by atoms with Crippen molar-refractivity contribution in [1.82, 2.24) is 0 Å². The lowest BCUT2D eigenvalue weighted by Crippen LogP contribution is -2.05. The second-order valence-electron chi connectivity index (χ2n) is 4.64. The first-order valence-corrected chi connectivity index (χ1v) is 6.40. The number of benzene rings is 2. The number of carbonyl (C=O) groups is 2. The van der Waals surface area contributed by atoms with Gasteiger partial charge in [0.25, 0.3) is 0 Å². The number of ether oxygens (including phenoxy) is 3. The monoisotopic (exact) mass is 288 g/mol. The Hall–Kier alpha value is -2.56. The van der Waals surface area contributed by atoms with E-state index in [1.54, 1.807) is 25.3 Å². The molecule has 2 rings (SSSR count). The molecule has 0 amide bonds. The normalized spacial score (nSPS) is 10.3. The fourth-order valence-electron chi connectivity index (χ4n) is 2.18. The van der Waals surface area contributed by atoms with E-state index in [0.717, 1.165) is 5.56 Å². The Bertz CT molecular complexity index is 718. The number of hydrogen-bond acceptors (Lipinski definition) is 5. The molecule has 5 heteroatoms. The molecule has 21 heavy (non-hydrogen) atoms. The van der Waals surface area contributed by atoms with Crippen molar-refractivity contribution in [3.63, 3.8) is 0 Å². The number of methoxy groups -OCH3 is 1. The van der Waals surface area contributed by atoms with Crippen LogP contribution in [-0.2, 0) is 9.59 Å². The summed E-state index contributed by atoms with van der Waals surface area (Å²) in [5, 5.41) is 1.25. The summed E-state index contributed by atoms with van der Waals surface area (Å²) in [4.78, 5) is 22.5. The molecule has 110 valence electrons. The van der Waals surface area contributed by atoms with E-state index in [4.69, 9.17) is 14.2 Å². The summed E-state index contributed by atoms with van der Waals surface area (Å²) < 4.78 is 15.8. The van der Waals surface area contributed by atoms with Crippen molar-refractivity contribution in [3.8, 4) is 17.2 Å². The SMILES string of the molecule is COc1ccc(OC(C)=O)c2c(OC(C)=O)cc(C)cc12. The molecule has 0 aliphatic heterocycles. The lowest BCUT2D eigenvalue weighted by molar-refractivity contribution is -0.132. The molecule has 2 aromatic carbocycles. The third kappa shape index (κ3) is 3.13. The van der Waals surface area contributed by atoms with Crippen LogP contribution in [0.3, 0.4) is 0 Å². The van der Waals surface area contributed by atoms with Crippen molar-refractivity contribution in [2.75, 3.05) is 7.11 Å². The molecule has 0 fully saturated rings. The van der Waals surface area contributed by atoms with Crippen molar-refractivity contribution >= 4 is 22.7 Å². The van der Waals surface area contributed by atoms with Gasteiger partial charge in [-0.3, -0.25) is 9.59 Å². The summed E-state index contributed by atoms with van der Waals surface area (Å²) >= 11 is 0. The molecule has 0 atom stereocenters. The lowest BCUT2D eigenvalue weighted by atomic mass is 10.0. The van der Waals surface area contributed by atoms with Crippen LogP contribution in [0.5, 0.6) is 17.2 Å². The van der Waals surface area contributed by atoms with Gasteiger partial charge in [-0.2, -0.15) is 0 Å². The van der Waals surface area contributed by atoms with E-state index in [2.05, 4.69) is 0 Å². The quantitative estimate of drug-likeness (QED) is 0.641. The zero-order chi connectivity index (χ0) is 15.6. The van der Waals surface area contributed by atoms with Gasteiger partial charge in [-0.1, -0.05) is 0 Å². The Kier molecular flexibility index (Phi) is 4.12. The number of hydrogen-bond donors (Lipinski definition) is 0. The number of rotatable bonds is 3. The summed E-state index contributed by atoms with van der Waals surface area (Å²) in [6.45, 7) is 4.51. The fraction of sp³-hybridized carbons (Fsp3) is 0.250. The van der Waals surface area contributed by atoms with Crippen molar-refractivity contribution < 1.29 is 23.8 Å². The van der Waals surface area contributed by atoms with Crippen molar-refractivity contribution in [2.24, 2.45) is 0 Å². The molecule has 0 bridgehead atoms. The first kappa shape index (κ1) is 14.8. The molecule has 0 aliphatic rings. The molecule has 0 aliphatic carbocycles. The molecule has 0 saturated heterocycles. The summed E-state index contributed by atoms with van der Waals surface area (Å²) in [5.74, 6) is 0.384. The van der Waals surface area contributed by atoms with Crippen LogP contribution < -0.4 is 14.2 Å². The largest absolute Gasteiger partial charge is 0.496 e. The number of fused-ring (bicyclic) bond motifs is 1. The molecular formula is C16H16O5. The Labute approximate surface area is 122 Å². The van der Waals surface area contributed by atoms with E-state index in [1.165, 1.54) is 13.8 Å². The smallest absolute Gasteiger partial charge is 0.308 e. The molecule has 0 aromatic heterocycles. The highest BCUT2D eigenvalue weighted by molar-refractivity contribution is 6.00. The second kappa shape index (κ2) is 5.83. The Morgan fingerprint density at radius 1 is 0.905 bits per heavy atom. The number of esters is 2. The van der Waals surface area contributed by atoms with Crippen molar-refractivity contribution in [1.29, 1.82) is 0 Å². The van der Waals surface area contributed by atoms with Gasteiger partial charge in [-0.15, -0.1) is 0 Å². The predicted octanol–water partition coefficient (Wildman–Crippen LogP) is 3.01. The highest BCUT2D eigenvalue weighted by Gasteiger charge is 2.16. The Morgan fingerprint density at radius 3 is 2.05 bits per heavy atom. The maximum atomic E-state index is 11.3. The van der Waals surface area contributed by atoms with Crippen LogP contribution in [-0.4, -0.2) is 19.0 Å². The highest BCUT2D eigenvalue weighted by atomic mass is 16.5. The maximum absolute atomic E-state index is 11.3. The third-order valence-corrected chi connectivity index (χ3v) is 2.87. The molecule has 0 saturated carbocycles. The van der Waals surface area contributed by atoms with Crippen LogP contribution >= 0.6 is 0 Å². The van der Waals surface area contributed by atoms with E-state index in [-0.39, 0.29) is 0 Å². The standard InChI is InChI=1S/C16H16O5/c1-9-7-12-13(19-4)5-6-14(20-10(2)17)16(12)15(8-9)21-11(3)18/h5-8H,1-4H3. The van der Waals surface area contributed by atoms with Crippen LogP contribution in [0.1, 0.15) is 19.4 Å². The van der Waals surface area contributed by atoms with E-state index in [9.17, 15) is 9.59 Å². The van der Waals surface area contributed by atoms with Gasteiger partial charge in [0.1, 0.15) is 17.2 Å². The number of carbonyl (C=O) groups excluding carboxylic acids is 2. The fourth-order valence-corrected chi connectivity index (χ4v) is 2.18. The molecule has 0 heterocycles. The lowest BCUT2D eigenvalue weighted by Gasteiger charge is -2.14. The molecule has 5 nitrogen and oxygen atoms in total. The van der Waals surface area contributed by atoms with E-state index >= 15 is 0 Å². The first-order chi connectivity index (χ1) is 9.92. The van der Waals surface area contributed by atoms with Crippen molar-refractivity contribution in [3.05, 3.63) is 29.8 Å². The van der Waals surface area contributed by atoms with Gasteiger partial charge in [0, 0.05) is 19.2 Å². The van der Waals surface area contributed by atoms with Crippen LogP contribution in [0.4, 0.5) is 0 Å². The van der Waals surface area contributed by atoms with Gasteiger partial charge in [-0.05, 0) is 36.8 Å². The van der Waals surface area contributed by atoms with E-state index in [0.29, 0.717) is 28.0 Å². The van der Waals surface area contributed by atoms with Gasteiger partial charge in [-0.25, -0.2) is 0 Å². The second-order valence-corrected chi connectivity index (χ2v) is 4.64. The molecular weight excluding hydrogens is 272 g/mol. The molecule has 0 radical (unpaired) electrons. The van der Waals surface area contributed by atoms with Crippen molar-refractivity contribution in [2.45, 2.75) is 20.8 Å². The molecule has 0 spiro atoms. The van der Waals surface area contributed by atoms with Gasteiger partial charge >= 0.3 is 11.9 Å². The zero-order valence-electron chi connectivity index (χ0n) is 12.4. The average molecular weight is 288 g/mol. The van der Waals surface area contributed by atoms with Crippen LogP contribution in [0, 0.1) is 6.92 Å². The average Bonchev–Trinajstić information content (AvgIpc) is 2.36. The topological polar surface area (TPSA) is 61.8 Å². The van der Waals surface area contributed by atoms with Crippen LogP contribution in [0.15, 0.2) is 24.3 Å². The van der Waals surface area contributed by atoms with Crippen LogP contribution in [0.25, 0.3) is 10.8 Å². The zero-order valence-corrected chi connectivity index (χ0v) is 12.4. The minimum absolute atomic E-state index is 0.328. The van der Waals surface area contributed by atoms with E-state index in [1.807, 2.05) is 13.0 Å². The third-order valence-electron chi connectivity index (χ3n) is 2.87. The highest BCUT2D eigenvalue weighted by Crippen LogP contribution is 2.40. The summed E-state index contributed by atoms with van der Waals surface area (Å²) in [6, 6.07) is 6.92. The van der Waals surface area contributed by atoms with Gasteiger partial charge < -0.3 is 14.2 Å². The first-order valence-electron chi connectivity index (χ1n) is 6.40. The summed E-state index contributed by atoms with van der Waals surface area (Å²) in [6.07, 6.45) is 0. The Balaban J connectivity index is 2.80. The minimum Gasteiger partial charge on any atom is -0.496 e. The predicted molar refractivity (Wildman–Crippen MR) is 77.9 cm³/mol. The van der Waals surface area contributed by atoms with E-state index < -0.39 is 11.9 Å². The number of aryl methyl sites for hydroxylation is 1. The van der Waals surface area contributed by atoms with Gasteiger partial charge in [0.05, 0.1) is 12.5 Å². The van der Waals surface area contributed by atoms with Crippen LogP contribution in [0.2, 0.25) is 0 Å². The summed E-state index contributed by atoms with van der Waals surface area (Å²) in [7, 11) is 1.55. The van der Waals surface area contributed by atoms with Gasteiger partial charge in [0.2, 0.25) is 0 Å². The Morgan fingerprint density at radius 2 is 1.48 bits per heavy atom. The molecule has 0 N–H and O–H groups in total. The minimum atomic E-state index is -0.448.